The summed E-state index contributed by atoms with van der Waals surface area (Å²) in [6.07, 6.45) is 18.8. The summed E-state index contributed by atoms with van der Waals surface area (Å²) in [6, 6.07) is 19.2. The van der Waals surface area contributed by atoms with E-state index in [4.69, 9.17) is 26.3 Å². The fraction of sp³-hybridized carbons (Fsp3) is 0.557. The van der Waals surface area contributed by atoms with Gasteiger partial charge in [-0.15, -0.1) is 26.3 Å². The highest BCUT2D eigenvalue weighted by molar-refractivity contribution is 7.99. The van der Waals surface area contributed by atoms with E-state index in [9.17, 15) is 5.11 Å². The lowest BCUT2D eigenvalue weighted by atomic mass is 9.85. The number of nitriles is 5. The van der Waals surface area contributed by atoms with E-state index < -0.39 is 11.5 Å². The molecule has 1 N–H and O–H groups in total. The van der Waals surface area contributed by atoms with E-state index in [1.807, 2.05) is 144 Å². The van der Waals surface area contributed by atoms with Gasteiger partial charge in [-0.2, -0.15) is 61.6 Å². The third-order valence-electron chi connectivity index (χ3n) is 8.78. The smallest absolute Gasteiger partial charge is 0.0925 e. The third-order valence-corrected chi connectivity index (χ3v) is 10.7. The number of thioether (sulfide) groups is 3. The van der Waals surface area contributed by atoms with Gasteiger partial charge in [0.05, 0.1) is 63.5 Å². The van der Waals surface area contributed by atoms with Crippen LogP contribution in [0.15, 0.2) is 116 Å². The monoisotopic (exact) mass is 1010 g/mol. The number of nitrogens with zero attached hydrogens (tertiary/aromatic N) is 5. The van der Waals surface area contributed by atoms with Crippen LogP contribution in [0.25, 0.3) is 6.08 Å². The van der Waals surface area contributed by atoms with E-state index in [0.29, 0.717) is 5.57 Å². The van der Waals surface area contributed by atoms with E-state index >= 15 is 0 Å². The summed E-state index contributed by atoms with van der Waals surface area (Å²) in [6.45, 7) is 56.5. The molecule has 0 aliphatic heterocycles. The van der Waals surface area contributed by atoms with Gasteiger partial charge >= 0.3 is 0 Å². The molecular weight excluding hydrogens is 915 g/mol. The van der Waals surface area contributed by atoms with Crippen LogP contribution < -0.4 is 0 Å². The fourth-order valence-electron chi connectivity index (χ4n) is 4.51. The van der Waals surface area contributed by atoms with Crippen molar-refractivity contribution < 1.29 is 5.11 Å². The van der Waals surface area contributed by atoms with Crippen LogP contribution in [0.5, 0.6) is 0 Å². The van der Waals surface area contributed by atoms with Crippen molar-refractivity contribution in [3.05, 3.63) is 128 Å². The SMILES string of the molecule is C/C=C/CSC.C=C(C)C(O)C(C)(C)C#N.C=C(C)CC(C)(C)C#N.C=C(C)CCC(C)(C)C#N.C=C(C)CCC(C)(C)C#N.C=C(C)CSC.C=CCSC.C=Cc1ccc(CC(C)(C)C#N)cc1. The van der Waals surface area contributed by atoms with Gasteiger partial charge in [-0.1, -0.05) is 96.2 Å². The molecule has 0 aliphatic rings. The summed E-state index contributed by atoms with van der Waals surface area (Å²) < 4.78 is 0. The molecule has 1 unspecified atom stereocenters. The quantitative estimate of drug-likeness (QED) is 0.134. The molecule has 0 aliphatic carbocycles. The standard InChI is InChI=1S/C13H15N.2C9H15N.C8H13NO.C8H13N.2C5H10S.C4H8S/c1-4-11-5-7-12(8-6-11)9-13(2,3)10-14;2*1-8(2)5-6-9(3,4)7-10;1-6(2)7(10)8(3,4)5-9;1-7(2)5-8(3,4)6-9;1-5(2)4-6-3;1-3-4-5-6-2;1-3-4-5-2/h4-8H,1,9H2,2-3H3;2*1,5-6H2,2-4H3;7,10H,1H2,2-4H3;1,5H2,2-4H3;1,4H2,2-3H3;3-4H,5H2,1-2H3;3H,1,4H2,2H3/b;;;;;;4-3+;. The van der Waals surface area contributed by atoms with Crippen LogP contribution in [0.4, 0.5) is 0 Å². The Hall–Kier alpha value is -4.40. The van der Waals surface area contributed by atoms with Crippen LogP contribution in [-0.4, -0.2) is 47.2 Å². The lowest BCUT2D eigenvalue weighted by Gasteiger charge is -2.22. The second-order valence-electron chi connectivity index (χ2n) is 20.4. The van der Waals surface area contributed by atoms with Gasteiger partial charge in [0, 0.05) is 17.3 Å². The molecule has 1 aromatic rings. The molecule has 0 heterocycles. The molecule has 1 atom stereocenters. The van der Waals surface area contributed by atoms with Crippen LogP contribution >= 0.6 is 35.3 Å². The number of aliphatic hydroxyl groups excluding tert-OH is 1. The van der Waals surface area contributed by atoms with Gasteiger partial charge in [0.2, 0.25) is 0 Å². The Morgan fingerprint density at radius 2 is 0.986 bits per heavy atom. The Labute approximate surface area is 446 Å². The second-order valence-corrected chi connectivity index (χ2v) is 23.1. The average Bonchev–Trinajstić information content (AvgIpc) is 3.28. The molecule has 0 radical (unpaired) electrons. The Kier molecular flexibility index (Phi) is 53.5. The van der Waals surface area contributed by atoms with Crippen LogP contribution in [0.2, 0.25) is 0 Å². The van der Waals surface area contributed by atoms with Crippen molar-refractivity contribution in [3.8, 4) is 30.3 Å². The van der Waals surface area contributed by atoms with Gasteiger partial charge in [-0.25, -0.2) is 0 Å². The van der Waals surface area contributed by atoms with E-state index in [1.54, 1.807) is 32.5 Å². The number of hydrogen-bond acceptors (Lipinski definition) is 9. The van der Waals surface area contributed by atoms with Crippen LogP contribution in [0.3, 0.4) is 0 Å². The second kappa shape index (κ2) is 47.0. The predicted molar refractivity (Wildman–Crippen MR) is 321 cm³/mol. The van der Waals surface area contributed by atoms with Gasteiger partial charge in [0.1, 0.15) is 0 Å². The van der Waals surface area contributed by atoms with Crippen molar-refractivity contribution in [2.45, 2.75) is 155 Å². The van der Waals surface area contributed by atoms with Crippen LogP contribution in [0, 0.1) is 83.7 Å². The Morgan fingerprint density at radius 3 is 1.16 bits per heavy atom. The summed E-state index contributed by atoms with van der Waals surface area (Å²) in [7, 11) is 0. The molecule has 392 valence electrons. The van der Waals surface area contributed by atoms with Crippen molar-refractivity contribution in [1.82, 2.24) is 0 Å². The molecule has 9 heteroatoms. The molecule has 6 nitrogen and oxygen atoms in total. The van der Waals surface area contributed by atoms with Gasteiger partial charge in [-0.3, -0.25) is 0 Å². The summed E-state index contributed by atoms with van der Waals surface area (Å²) in [5.74, 6) is 3.32. The third kappa shape index (κ3) is 63.6. The zero-order chi connectivity index (χ0) is 56.8. The maximum absolute atomic E-state index is 9.33. The molecule has 0 saturated heterocycles. The first-order valence-corrected chi connectivity index (χ1v) is 27.6. The van der Waals surface area contributed by atoms with Crippen molar-refractivity contribution in [2.24, 2.45) is 27.1 Å². The summed E-state index contributed by atoms with van der Waals surface area (Å²) in [5, 5.41) is 52.6. The fourth-order valence-corrected chi connectivity index (χ4v) is 5.63. The minimum atomic E-state index is -0.725. The highest BCUT2D eigenvalue weighted by Crippen LogP contribution is 2.25. The maximum Gasteiger partial charge on any atom is 0.0925 e. The largest absolute Gasteiger partial charge is 0.387 e. The Bertz CT molecular complexity index is 1840. The van der Waals surface area contributed by atoms with Gasteiger partial charge < -0.3 is 5.11 Å². The van der Waals surface area contributed by atoms with E-state index in [-0.39, 0.29) is 21.7 Å². The molecule has 0 fully saturated rings. The molecule has 0 saturated carbocycles. The van der Waals surface area contributed by atoms with Gasteiger partial charge in [0.25, 0.3) is 0 Å². The maximum atomic E-state index is 9.33. The minimum Gasteiger partial charge on any atom is -0.387 e. The van der Waals surface area contributed by atoms with Crippen molar-refractivity contribution >= 4 is 41.4 Å². The normalized spacial score (nSPS) is 10.6. The molecule has 1 aromatic carbocycles. The Balaban J connectivity index is -0.000000132. The van der Waals surface area contributed by atoms with E-state index in [1.165, 1.54) is 11.1 Å². The number of rotatable bonds is 19. The minimum absolute atomic E-state index is 0.182. The average molecular weight is 1010 g/mol. The molecule has 0 spiro atoms. The van der Waals surface area contributed by atoms with Crippen LogP contribution in [0.1, 0.15) is 154 Å². The Morgan fingerprint density at radius 1 is 0.586 bits per heavy atom. The first-order chi connectivity index (χ1) is 32.0. The van der Waals surface area contributed by atoms with E-state index in [0.717, 1.165) is 78.1 Å². The van der Waals surface area contributed by atoms with Crippen LogP contribution in [-0.2, 0) is 6.42 Å². The van der Waals surface area contributed by atoms with E-state index in [2.05, 4.69) is 113 Å². The lowest BCUT2D eigenvalue weighted by Crippen LogP contribution is -2.28. The molecule has 1 rings (SSSR count). The number of aliphatic hydroxyl groups is 1. The zero-order valence-corrected chi connectivity index (χ0v) is 50.4. The highest BCUT2D eigenvalue weighted by Gasteiger charge is 2.27. The molecule has 0 amide bonds. The number of hydrogen-bond donors (Lipinski definition) is 1. The van der Waals surface area contributed by atoms with Gasteiger partial charge in [0.15, 0.2) is 0 Å². The van der Waals surface area contributed by atoms with Crippen molar-refractivity contribution in [3.63, 3.8) is 0 Å². The topological polar surface area (TPSA) is 139 Å². The predicted octanol–water partition coefficient (Wildman–Crippen LogP) is 18.6. The first kappa shape index (κ1) is 79.7. The summed E-state index contributed by atoms with van der Waals surface area (Å²) >= 11 is 5.43. The van der Waals surface area contributed by atoms with Crippen molar-refractivity contribution in [1.29, 1.82) is 26.3 Å². The van der Waals surface area contributed by atoms with Gasteiger partial charge in [-0.05, 0) is 179 Å². The van der Waals surface area contributed by atoms with Crippen molar-refractivity contribution in [2.75, 3.05) is 36.0 Å². The zero-order valence-electron chi connectivity index (χ0n) is 47.9. The summed E-state index contributed by atoms with van der Waals surface area (Å²) in [5.41, 5.74) is 5.98. The molecule has 0 aromatic heterocycles. The first-order valence-electron chi connectivity index (χ1n) is 23.4. The summed E-state index contributed by atoms with van der Waals surface area (Å²) in [4.78, 5) is 0. The highest BCUT2D eigenvalue weighted by atomic mass is 32.2. The molecule has 70 heavy (non-hydrogen) atoms. The molecular formula is C61H99N5OS3. The number of allylic oxidation sites excluding steroid dienone is 4. The molecule has 0 bridgehead atoms. The lowest BCUT2D eigenvalue weighted by molar-refractivity contribution is 0.120. The number of benzene rings is 1.